The molecule has 1 heterocycles. The number of amides is 1. The highest BCUT2D eigenvalue weighted by Gasteiger charge is 2.38. The fourth-order valence-corrected chi connectivity index (χ4v) is 2.13. The van der Waals surface area contributed by atoms with Gasteiger partial charge >= 0.3 is 5.97 Å². The standard InChI is InChI=1S/C12H22N2O3/c1-12(2,3)9(11(16)17)10(15)14-8-4-6-13-7-5-8/h8-9,13H,4-7H2,1-3H3,(H,14,15)(H,16,17). The number of carboxylic acids is 1. The molecule has 5 nitrogen and oxygen atoms in total. The van der Waals surface area contributed by atoms with Crippen LogP contribution in [0.1, 0.15) is 33.6 Å². The molecule has 1 atom stereocenters. The third-order valence-electron chi connectivity index (χ3n) is 3.06. The van der Waals surface area contributed by atoms with Crippen LogP contribution < -0.4 is 10.6 Å². The number of hydrogen-bond acceptors (Lipinski definition) is 3. The second kappa shape index (κ2) is 5.49. The summed E-state index contributed by atoms with van der Waals surface area (Å²) in [5.74, 6) is -2.40. The summed E-state index contributed by atoms with van der Waals surface area (Å²) in [6, 6.07) is 0.105. The first-order valence-electron chi connectivity index (χ1n) is 6.06. The summed E-state index contributed by atoms with van der Waals surface area (Å²) < 4.78 is 0. The van der Waals surface area contributed by atoms with Gasteiger partial charge in [-0.25, -0.2) is 0 Å². The number of carbonyl (C=O) groups is 2. The van der Waals surface area contributed by atoms with Crippen LogP contribution in [0.15, 0.2) is 0 Å². The molecule has 1 rings (SSSR count). The van der Waals surface area contributed by atoms with E-state index in [1.165, 1.54) is 0 Å². The number of aliphatic carboxylic acids is 1. The molecule has 1 saturated heterocycles. The summed E-state index contributed by atoms with van der Waals surface area (Å²) in [6.45, 7) is 7.06. The third-order valence-corrected chi connectivity index (χ3v) is 3.06. The predicted octanol–water partition coefficient (Wildman–Crippen LogP) is 0.601. The lowest BCUT2D eigenvalue weighted by Gasteiger charge is -2.29. The smallest absolute Gasteiger partial charge is 0.316 e. The summed E-state index contributed by atoms with van der Waals surface area (Å²) >= 11 is 0. The molecule has 0 aromatic heterocycles. The molecule has 0 bridgehead atoms. The first kappa shape index (κ1) is 14.0. The maximum absolute atomic E-state index is 12.0. The largest absolute Gasteiger partial charge is 0.481 e. The van der Waals surface area contributed by atoms with Crippen molar-refractivity contribution in [2.75, 3.05) is 13.1 Å². The molecule has 3 N–H and O–H groups in total. The van der Waals surface area contributed by atoms with E-state index >= 15 is 0 Å². The van der Waals surface area contributed by atoms with Gasteiger partial charge in [-0.3, -0.25) is 9.59 Å². The minimum Gasteiger partial charge on any atom is -0.481 e. The highest BCUT2D eigenvalue weighted by atomic mass is 16.4. The molecule has 1 fully saturated rings. The Bertz CT molecular complexity index is 291. The molecule has 1 aliphatic heterocycles. The number of hydrogen-bond donors (Lipinski definition) is 3. The summed E-state index contributed by atoms with van der Waals surface area (Å²) in [7, 11) is 0. The Morgan fingerprint density at radius 3 is 2.24 bits per heavy atom. The molecule has 0 saturated carbocycles. The predicted molar refractivity (Wildman–Crippen MR) is 64.6 cm³/mol. The number of carbonyl (C=O) groups excluding carboxylic acids is 1. The maximum atomic E-state index is 12.0. The van der Waals surface area contributed by atoms with Crippen molar-refractivity contribution < 1.29 is 14.7 Å². The lowest BCUT2D eigenvalue weighted by Crippen LogP contribution is -2.49. The van der Waals surface area contributed by atoms with Crippen molar-refractivity contribution in [2.24, 2.45) is 11.3 Å². The zero-order valence-electron chi connectivity index (χ0n) is 10.7. The monoisotopic (exact) mass is 242 g/mol. The van der Waals surface area contributed by atoms with Crippen LogP contribution in [0.2, 0.25) is 0 Å². The molecule has 1 aliphatic rings. The zero-order valence-corrected chi connectivity index (χ0v) is 10.7. The Balaban J connectivity index is 2.62. The first-order valence-corrected chi connectivity index (χ1v) is 6.06. The molecule has 5 heteroatoms. The fourth-order valence-electron chi connectivity index (χ4n) is 2.13. The normalized spacial score (nSPS) is 19.7. The van der Waals surface area contributed by atoms with Crippen molar-refractivity contribution in [1.29, 1.82) is 0 Å². The van der Waals surface area contributed by atoms with Crippen LogP contribution in [0.4, 0.5) is 0 Å². The van der Waals surface area contributed by atoms with Gasteiger partial charge in [0.1, 0.15) is 5.92 Å². The van der Waals surface area contributed by atoms with Crippen LogP contribution in [0.3, 0.4) is 0 Å². The molecule has 0 aliphatic carbocycles. The van der Waals surface area contributed by atoms with Crippen molar-refractivity contribution in [3.05, 3.63) is 0 Å². The second-order valence-electron chi connectivity index (χ2n) is 5.67. The number of carboxylic acid groups (broad SMARTS) is 1. The highest BCUT2D eigenvalue weighted by Crippen LogP contribution is 2.26. The van der Waals surface area contributed by atoms with Gasteiger partial charge in [-0.1, -0.05) is 20.8 Å². The molecule has 98 valence electrons. The van der Waals surface area contributed by atoms with E-state index < -0.39 is 17.3 Å². The SMILES string of the molecule is CC(C)(C)C(C(=O)O)C(=O)NC1CCNCC1. The topological polar surface area (TPSA) is 78.4 Å². The van der Waals surface area contributed by atoms with E-state index in [0.717, 1.165) is 25.9 Å². The number of nitrogens with one attached hydrogen (secondary N) is 2. The van der Waals surface area contributed by atoms with Crippen LogP contribution in [0.25, 0.3) is 0 Å². The average Bonchev–Trinajstić information content (AvgIpc) is 2.15. The Labute approximate surface area is 102 Å². The van der Waals surface area contributed by atoms with E-state index in [9.17, 15) is 9.59 Å². The van der Waals surface area contributed by atoms with Gasteiger partial charge in [-0.15, -0.1) is 0 Å². The van der Waals surface area contributed by atoms with Gasteiger partial charge < -0.3 is 15.7 Å². The van der Waals surface area contributed by atoms with Crippen LogP contribution >= 0.6 is 0 Å². The molecule has 0 aromatic rings. The van der Waals surface area contributed by atoms with Crippen molar-refractivity contribution in [3.8, 4) is 0 Å². The summed E-state index contributed by atoms with van der Waals surface area (Å²) in [4.78, 5) is 23.1. The summed E-state index contributed by atoms with van der Waals surface area (Å²) in [5, 5.41) is 15.2. The average molecular weight is 242 g/mol. The van der Waals surface area contributed by atoms with Gasteiger partial charge in [-0.2, -0.15) is 0 Å². The van der Waals surface area contributed by atoms with E-state index in [0.29, 0.717) is 0 Å². The lowest BCUT2D eigenvalue weighted by molar-refractivity contribution is -0.151. The van der Waals surface area contributed by atoms with Gasteiger partial charge in [0.2, 0.25) is 5.91 Å². The molecular weight excluding hydrogens is 220 g/mol. The summed E-state index contributed by atoms with van der Waals surface area (Å²) in [5.41, 5.74) is -0.567. The van der Waals surface area contributed by atoms with Crippen molar-refractivity contribution in [2.45, 2.75) is 39.7 Å². The van der Waals surface area contributed by atoms with Gasteiger partial charge in [0.05, 0.1) is 0 Å². The Morgan fingerprint density at radius 1 is 1.29 bits per heavy atom. The fraction of sp³-hybridized carbons (Fsp3) is 0.833. The zero-order chi connectivity index (χ0) is 13.1. The Kier molecular flexibility index (Phi) is 4.51. The van der Waals surface area contributed by atoms with Crippen LogP contribution in [-0.2, 0) is 9.59 Å². The van der Waals surface area contributed by atoms with Crippen LogP contribution in [0.5, 0.6) is 0 Å². The molecule has 1 unspecified atom stereocenters. The van der Waals surface area contributed by atoms with Crippen LogP contribution in [0, 0.1) is 11.3 Å². The highest BCUT2D eigenvalue weighted by molar-refractivity contribution is 5.97. The first-order chi connectivity index (χ1) is 7.82. The van der Waals surface area contributed by atoms with Gasteiger partial charge in [0, 0.05) is 6.04 Å². The quantitative estimate of drug-likeness (QED) is 0.633. The molecule has 0 radical (unpaired) electrons. The lowest BCUT2D eigenvalue weighted by atomic mass is 9.80. The Morgan fingerprint density at radius 2 is 1.82 bits per heavy atom. The van der Waals surface area contributed by atoms with Crippen LogP contribution in [-0.4, -0.2) is 36.1 Å². The molecule has 17 heavy (non-hydrogen) atoms. The van der Waals surface area contributed by atoms with Crippen molar-refractivity contribution >= 4 is 11.9 Å². The molecule has 0 spiro atoms. The van der Waals surface area contributed by atoms with E-state index in [2.05, 4.69) is 10.6 Å². The molecular formula is C12H22N2O3. The van der Waals surface area contributed by atoms with E-state index in [1.54, 1.807) is 20.8 Å². The maximum Gasteiger partial charge on any atom is 0.316 e. The molecule has 1 amide bonds. The van der Waals surface area contributed by atoms with E-state index in [-0.39, 0.29) is 11.9 Å². The van der Waals surface area contributed by atoms with E-state index in [1.807, 2.05) is 0 Å². The van der Waals surface area contributed by atoms with Gasteiger partial charge in [0.25, 0.3) is 0 Å². The minimum atomic E-state index is -1.05. The second-order valence-corrected chi connectivity index (χ2v) is 5.67. The molecule has 0 aromatic carbocycles. The minimum absolute atomic E-state index is 0.105. The van der Waals surface area contributed by atoms with E-state index in [4.69, 9.17) is 5.11 Å². The number of rotatable bonds is 3. The van der Waals surface area contributed by atoms with Crippen molar-refractivity contribution in [1.82, 2.24) is 10.6 Å². The third kappa shape index (κ3) is 4.00. The Hall–Kier alpha value is -1.10. The van der Waals surface area contributed by atoms with Gasteiger partial charge in [0.15, 0.2) is 0 Å². The number of piperidine rings is 1. The van der Waals surface area contributed by atoms with Crippen molar-refractivity contribution in [3.63, 3.8) is 0 Å². The summed E-state index contributed by atoms with van der Waals surface area (Å²) in [6.07, 6.45) is 1.73. The van der Waals surface area contributed by atoms with Gasteiger partial charge in [-0.05, 0) is 31.3 Å².